The van der Waals surface area contributed by atoms with Crippen LogP contribution in [0.1, 0.15) is 25.7 Å². The van der Waals surface area contributed by atoms with E-state index in [1.807, 2.05) is 0 Å². The van der Waals surface area contributed by atoms with Crippen molar-refractivity contribution in [3.05, 3.63) is 0 Å². The van der Waals surface area contributed by atoms with Crippen LogP contribution in [0.3, 0.4) is 0 Å². The molecule has 0 unspecified atom stereocenters. The first-order valence-electron chi connectivity index (χ1n) is 3.75. The van der Waals surface area contributed by atoms with Crippen LogP contribution in [0.5, 0.6) is 0 Å². The molecule has 2 aliphatic rings. The first-order valence-corrected chi connectivity index (χ1v) is 3.75. The first-order chi connectivity index (χ1) is 4.34. The Bertz CT molecular complexity index is 103. The van der Waals surface area contributed by atoms with Crippen molar-refractivity contribution in [2.45, 2.75) is 43.9 Å². The average Bonchev–Trinajstić information content (AvgIpc) is 2.11. The summed E-state index contributed by atoms with van der Waals surface area (Å²) in [5.41, 5.74) is 5.78. The fourth-order valence-corrected chi connectivity index (χ4v) is 1.90. The highest BCUT2D eigenvalue weighted by molar-refractivity contribution is 4.85. The first kappa shape index (κ1) is 5.69. The Kier molecular flexibility index (Phi) is 1.24. The largest absolute Gasteiger partial charge is 0.375 e. The van der Waals surface area contributed by atoms with Crippen molar-refractivity contribution in [1.29, 1.82) is 0 Å². The van der Waals surface area contributed by atoms with Gasteiger partial charge in [0.1, 0.15) is 0 Å². The Morgan fingerprint density at radius 2 is 1.67 bits per heavy atom. The molecule has 2 fully saturated rings. The molecule has 0 spiro atoms. The molecule has 0 amide bonds. The fraction of sp³-hybridized carbons (Fsp3) is 1.00. The summed E-state index contributed by atoms with van der Waals surface area (Å²) < 4.78 is 5.59. The number of fused-ring (bicyclic) bond motifs is 2. The Balaban J connectivity index is 2.03. The number of hydrogen-bond acceptors (Lipinski definition) is 2. The van der Waals surface area contributed by atoms with Crippen LogP contribution in [0, 0.1) is 0 Å². The molecule has 2 saturated heterocycles. The molecular formula is C7H13NO. The summed E-state index contributed by atoms with van der Waals surface area (Å²) in [6, 6.07) is 0.427. The third kappa shape index (κ3) is 0.970. The minimum Gasteiger partial charge on any atom is -0.375 e. The predicted octanol–water partition coefficient (Wildman–Crippen LogP) is 0.655. The summed E-state index contributed by atoms with van der Waals surface area (Å²) in [6.07, 6.45) is 5.71. The maximum atomic E-state index is 5.78. The fourth-order valence-electron chi connectivity index (χ4n) is 1.90. The zero-order valence-corrected chi connectivity index (χ0v) is 5.55. The van der Waals surface area contributed by atoms with Crippen molar-refractivity contribution >= 4 is 0 Å². The standard InChI is InChI=1S/C7H13NO/c8-5-3-6-1-2-7(4-5)9-6/h5-7H,1-4,8H2/t6-,7-/m1/s1. The quantitative estimate of drug-likeness (QED) is 0.518. The molecule has 2 nitrogen and oxygen atoms in total. The molecule has 0 aromatic rings. The van der Waals surface area contributed by atoms with Gasteiger partial charge in [-0.15, -0.1) is 0 Å². The van der Waals surface area contributed by atoms with Gasteiger partial charge in [-0.2, -0.15) is 0 Å². The monoisotopic (exact) mass is 127 g/mol. The SMILES string of the molecule is NC1C[C@H]2CC[C@H](C1)O2. The van der Waals surface area contributed by atoms with E-state index in [1.165, 1.54) is 12.8 Å². The minimum atomic E-state index is 0.427. The summed E-state index contributed by atoms with van der Waals surface area (Å²) in [5, 5.41) is 0. The van der Waals surface area contributed by atoms with E-state index in [-0.39, 0.29) is 0 Å². The van der Waals surface area contributed by atoms with Gasteiger partial charge in [0.15, 0.2) is 0 Å². The summed E-state index contributed by atoms with van der Waals surface area (Å²) in [7, 11) is 0. The number of nitrogens with two attached hydrogens (primary N) is 1. The number of ether oxygens (including phenoxy) is 1. The summed E-state index contributed by atoms with van der Waals surface area (Å²) >= 11 is 0. The van der Waals surface area contributed by atoms with Crippen molar-refractivity contribution in [3.8, 4) is 0 Å². The minimum absolute atomic E-state index is 0.427. The molecule has 0 aliphatic carbocycles. The van der Waals surface area contributed by atoms with E-state index in [9.17, 15) is 0 Å². The van der Waals surface area contributed by atoms with Gasteiger partial charge < -0.3 is 10.5 Å². The Morgan fingerprint density at radius 3 is 2.22 bits per heavy atom. The number of hydrogen-bond donors (Lipinski definition) is 1. The van der Waals surface area contributed by atoms with E-state index in [2.05, 4.69) is 0 Å². The van der Waals surface area contributed by atoms with Crippen LogP contribution >= 0.6 is 0 Å². The van der Waals surface area contributed by atoms with Gasteiger partial charge in [0.05, 0.1) is 12.2 Å². The van der Waals surface area contributed by atoms with Crippen LogP contribution in [0.15, 0.2) is 0 Å². The molecule has 52 valence electrons. The molecule has 2 rings (SSSR count). The van der Waals surface area contributed by atoms with E-state index in [1.54, 1.807) is 0 Å². The average molecular weight is 127 g/mol. The zero-order valence-electron chi connectivity index (χ0n) is 5.55. The van der Waals surface area contributed by atoms with E-state index in [4.69, 9.17) is 10.5 Å². The summed E-state index contributed by atoms with van der Waals surface area (Å²) in [5.74, 6) is 0. The normalized spacial score (nSPS) is 49.7. The smallest absolute Gasteiger partial charge is 0.0594 e. The van der Waals surface area contributed by atoms with Crippen LogP contribution in [0.4, 0.5) is 0 Å². The van der Waals surface area contributed by atoms with E-state index >= 15 is 0 Å². The lowest BCUT2D eigenvalue weighted by molar-refractivity contribution is -0.00236. The van der Waals surface area contributed by atoms with Crippen LogP contribution in [0.25, 0.3) is 0 Å². The van der Waals surface area contributed by atoms with Gasteiger partial charge in [-0.1, -0.05) is 0 Å². The van der Waals surface area contributed by atoms with Gasteiger partial charge in [0.25, 0.3) is 0 Å². The molecule has 2 N–H and O–H groups in total. The Morgan fingerprint density at radius 1 is 1.11 bits per heavy atom. The van der Waals surface area contributed by atoms with Gasteiger partial charge in [-0.3, -0.25) is 0 Å². The van der Waals surface area contributed by atoms with Crippen LogP contribution in [-0.2, 0) is 4.74 Å². The summed E-state index contributed by atoms with van der Waals surface area (Å²) in [4.78, 5) is 0. The molecule has 2 bridgehead atoms. The third-order valence-electron chi connectivity index (χ3n) is 2.33. The molecule has 2 aliphatic heterocycles. The molecule has 0 saturated carbocycles. The van der Waals surface area contributed by atoms with Gasteiger partial charge >= 0.3 is 0 Å². The lowest BCUT2D eigenvalue weighted by Crippen LogP contribution is -2.34. The molecule has 2 atom stereocenters. The van der Waals surface area contributed by atoms with Crippen LogP contribution < -0.4 is 5.73 Å². The molecule has 2 heterocycles. The molecule has 2 heteroatoms. The second-order valence-electron chi connectivity index (χ2n) is 3.19. The predicted molar refractivity (Wildman–Crippen MR) is 35.1 cm³/mol. The molecule has 9 heavy (non-hydrogen) atoms. The van der Waals surface area contributed by atoms with Crippen LogP contribution in [-0.4, -0.2) is 18.2 Å². The van der Waals surface area contributed by atoms with Crippen molar-refractivity contribution in [3.63, 3.8) is 0 Å². The molecule has 0 aromatic carbocycles. The van der Waals surface area contributed by atoms with Crippen LogP contribution in [0.2, 0.25) is 0 Å². The number of rotatable bonds is 0. The molecule has 0 radical (unpaired) electrons. The van der Waals surface area contributed by atoms with Crippen molar-refractivity contribution in [2.24, 2.45) is 5.73 Å². The van der Waals surface area contributed by atoms with E-state index in [0.29, 0.717) is 18.2 Å². The van der Waals surface area contributed by atoms with Crippen molar-refractivity contribution in [2.75, 3.05) is 0 Å². The van der Waals surface area contributed by atoms with Gasteiger partial charge in [-0.05, 0) is 25.7 Å². The third-order valence-corrected chi connectivity index (χ3v) is 2.33. The summed E-state index contributed by atoms with van der Waals surface area (Å²) in [6.45, 7) is 0. The maximum absolute atomic E-state index is 5.78. The topological polar surface area (TPSA) is 35.2 Å². The lowest BCUT2D eigenvalue weighted by Gasteiger charge is -2.24. The maximum Gasteiger partial charge on any atom is 0.0594 e. The second-order valence-corrected chi connectivity index (χ2v) is 3.19. The van der Waals surface area contributed by atoms with E-state index < -0.39 is 0 Å². The van der Waals surface area contributed by atoms with Gasteiger partial charge in [0.2, 0.25) is 0 Å². The molecular weight excluding hydrogens is 114 g/mol. The lowest BCUT2D eigenvalue weighted by atomic mass is 10.1. The highest BCUT2D eigenvalue weighted by atomic mass is 16.5. The Labute approximate surface area is 55.4 Å². The second kappa shape index (κ2) is 1.96. The highest BCUT2D eigenvalue weighted by Gasteiger charge is 2.32. The van der Waals surface area contributed by atoms with Gasteiger partial charge in [-0.25, -0.2) is 0 Å². The van der Waals surface area contributed by atoms with Crippen molar-refractivity contribution in [1.82, 2.24) is 0 Å². The highest BCUT2D eigenvalue weighted by Crippen LogP contribution is 2.31. The van der Waals surface area contributed by atoms with E-state index in [0.717, 1.165) is 12.8 Å². The Hall–Kier alpha value is -0.0800. The van der Waals surface area contributed by atoms with Gasteiger partial charge in [0, 0.05) is 6.04 Å². The molecule has 0 aromatic heterocycles. The zero-order chi connectivity index (χ0) is 6.27. The van der Waals surface area contributed by atoms with Crippen molar-refractivity contribution < 1.29 is 4.74 Å².